The second kappa shape index (κ2) is 6.87. The molecule has 0 unspecified atom stereocenters. The third-order valence-electron chi connectivity index (χ3n) is 3.48. The first-order valence-corrected chi connectivity index (χ1v) is 7.24. The Bertz CT molecular complexity index is 823. The summed E-state index contributed by atoms with van der Waals surface area (Å²) in [6, 6.07) is 14.2. The highest BCUT2D eigenvalue weighted by Crippen LogP contribution is 2.26. The summed E-state index contributed by atoms with van der Waals surface area (Å²) < 4.78 is 15.6. The Balaban J connectivity index is 1.81. The van der Waals surface area contributed by atoms with Crippen molar-refractivity contribution in [3.63, 3.8) is 0 Å². The van der Waals surface area contributed by atoms with Crippen LogP contribution in [0, 0.1) is 0 Å². The predicted octanol–water partition coefficient (Wildman–Crippen LogP) is 3.61. The lowest BCUT2D eigenvalue weighted by molar-refractivity contribution is 0.102. The van der Waals surface area contributed by atoms with Crippen LogP contribution in [-0.4, -0.2) is 25.1 Å². The first kappa shape index (κ1) is 15.6. The number of ether oxygens (including phenoxy) is 2. The zero-order valence-corrected chi connectivity index (χ0v) is 13.3. The van der Waals surface area contributed by atoms with Gasteiger partial charge in [-0.1, -0.05) is 0 Å². The van der Waals surface area contributed by atoms with E-state index < -0.39 is 0 Å². The van der Waals surface area contributed by atoms with Crippen LogP contribution in [0.4, 0.5) is 5.69 Å². The molecule has 1 amide bonds. The lowest BCUT2D eigenvalue weighted by atomic mass is 10.1. The SMILES string of the molecule is COc1ccc(NC(=O)c2ncoc2-c2ccc(OC)cc2)cc1. The van der Waals surface area contributed by atoms with Crippen molar-refractivity contribution in [2.24, 2.45) is 0 Å². The van der Waals surface area contributed by atoms with Gasteiger partial charge >= 0.3 is 0 Å². The molecule has 24 heavy (non-hydrogen) atoms. The highest BCUT2D eigenvalue weighted by molar-refractivity contribution is 6.06. The Labute approximate surface area is 139 Å². The topological polar surface area (TPSA) is 73.6 Å². The van der Waals surface area contributed by atoms with Crippen molar-refractivity contribution >= 4 is 11.6 Å². The molecule has 0 saturated carbocycles. The number of anilines is 1. The minimum atomic E-state index is -0.347. The highest BCUT2D eigenvalue weighted by Gasteiger charge is 2.18. The molecule has 122 valence electrons. The van der Waals surface area contributed by atoms with Crippen LogP contribution in [0.25, 0.3) is 11.3 Å². The Kier molecular flexibility index (Phi) is 4.47. The van der Waals surface area contributed by atoms with Gasteiger partial charge in [-0.15, -0.1) is 0 Å². The van der Waals surface area contributed by atoms with Crippen LogP contribution in [0.15, 0.2) is 59.3 Å². The number of nitrogens with zero attached hydrogens (tertiary/aromatic N) is 1. The van der Waals surface area contributed by atoms with Crippen molar-refractivity contribution in [3.05, 3.63) is 60.6 Å². The summed E-state index contributed by atoms with van der Waals surface area (Å²) in [4.78, 5) is 16.5. The number of carbonyl (C=O) groups excluding carboxylic acids is 1. The standard InChI is InChI=1S/C18H16N2O4/c1-22-14-7-3-12(4-8-14)17-16(19-11-24-17)18(21)20-13-5-9-15(23-2)10-6-13/h3-11H,1-2H3,(H,20,21). The van der Waals surface area contributed by atoms with Crippen LogP contribution in [0.1, 0.15) is 10.5 Å². The van der Waals surface area contributed by atoms with Crippen molar-refractivity contribution in [1.82, 2.24) is 4.98 Å². The molecule has 6 heteroatoms. The molecule has 3 rings (SSSR count). The van der Waals surface area contributed by atoms with E-state index in [0.29, 0.717) is 17.2 Å². The van der Waals surface area contributed by atoms with Gasteiger partial charge in [0.2, 0.25) is 0 Å². The summed E-state index contributed by atoms with van der Waals surface area (Å²) in [6.45, 7) is 0. The Hall–Kier alpha value is -3.28. The van der Waals surface area contributed by atoms with Gasteiger partial charge in [-0.3, -0.25) is 4.79 Å². The molecule has 1 aromatic heterocycles. The van der Waals surface area contributed by atoms with E-state index in [0.717, 1.165) is 11.3 Å². The number of aromatic nitrogens is 1. The van der Waals surface area contributed by atoms with Crippen LogP contribution in [0.5, 0.6) is 11.5 Å². The monoisotopic (exact) mass is 324 g/mol. The number of methoxy groups -OCH3 is 2. The van der Waals surface area contributed by atoms with Gasteiger partial charge in [-0.25, -0.2) is 4.98 Å². The molecule has 0 aliphatic carbocycles. The molecule has 3 aromatic rings. The molecule has 0 radical (unpaired) electrons. The van der Waals surface area contributed by atoms with E-state index >= 15 is 0 Å². The number of amides is 1. The third-order valence-corrected chi connectivity index (χ3v) is 3.48. The minimum Gasteiger partial charge on any atom is -0.497 e. The zero-order valence-electron chi connectivity index (χ0n) is 13.3. The maximum atomic E-state index is 12.5. The smallest absolute Gasteiger partial charge is 0.278 e. The number of hydrogen-bond acceptors (Lipinski definition) is 5. The molecule has 0 aliphatic heterocycles. The van der Waals surface area contributed by atoms with E-state index in [9.17, 15) is 4.79 Å². The van der Waals surface area contributed by atoms with Crippen LogP contribution in [-0.2, 0) is 0 Å². The lowest BCUT2D eigenvalue weighted by Crippen LogP contribution is -2.13. The molecule has 0 spiro atoms. The number of carbonyl (C=O) groups is 1. The lowest BCUT2D eigenvalue weighted by Gasteiger charge is -2.06. The van der Waals surface area contributed by atoms with Crippen LogP contribution < -0.4 is 14.8 Å². The average Bonchev–Trinajstić information content (AvgIpc) is 3.12. The van der Waals surface area contributed by atoms with Crippen LogP contribution in [0.2, 0.25) is 0 Å². The number of oxazole rings is 1. The van der Waals surface area contributed by atoms with Gasteiger partial charge in [0.25, 0.3) is 5.91 Å². The first-order chi connectivity index (χ1) is 11.7. The molecule has 0 bridgehead atoms. The van der Waals surface area contributed by atoms with Crippen molar-refractivity contribution in [2.75, 3.05) is 19.5 Å². The molecule has 0 atom stereocenters. The number of nitrogens with one attached hydrogen (secondary N) is 1. The maximum absolute atomic E-state index is 12.5. The highest BCUT2D eigenvalue weighted by atomic mass is 16.5. The Morgan fingerprint density at radius 1 is 0.958 bits per heavy atom. The average molecular weight is 324 g/mol. The van der Waals surface area contributed by atoms with Gasteiger partial charge in [0.05, 0.1) is 14.2 Å². The summed E-state index contributed by atoms with van der Waals surface area (Å²) in [5, 5.41) is 2.79. The van der Waals surface area contributed by atoms with E-state index in [1.165, 1.54) is 6.39 Å². The third kappa shape index (κ3) is 3.22. The van der Waals surface area contributed by atoms with Gasteiger partial charge in [0.1, 0.15) is 11.5 Å². The van der Waals surface area contributed by atoms with Crippen molar-refractivity contribution in [1.29, 1.82) is 0 Å². The molecule has 0 aliphatic rings. The normalized spacial score (nSPS) is 10.2. The molecule has 1 heterocycles. The Morgan fingerprint density at radius 2 is 1.54 bits per heavy atom. The number of rotatable bonds is 5. The summed E-state index contributed by atoms with van der Waals surface area (Å²) in [5.41, 5.74) is 1.61. The fraction of sp³-hybridized carbons (Fsp3) is 0.111. The van der Waals surface area contributed by atoms with E-state index in [1.54, 1.807) is 50.6 Å². The largest absolute Gasteiger partial charge is 0.497 e. The van der Waals surface area contributed by atoms with Crippen LogP contribution in [0.3, 0.4) is 0 Å². The van der Waals surface area contributed by atoms with Gasteiger partial charge in [0.15, 0.2) is 17.8 Å². The minimum absolute atomic E-state index is 0.219. The van der Waals surface area contributed by atoms with Gasteiger partial charge in [-0.05, 0) is 48.5 Å². The second-order valence-corrected chi connectivity index (χ2v) is 4.94. The number of hydrogen-bond donors (Lipinski definition) is 1. The van der Waals surface area contributed by atoms with Crippen molar-refractivity contribution in [2.45, 2.75) is 0 Å². The summed E-state index contributed by atoms with van der Waals surface area (Å²) in [5.74, 6) is 1.50. The van der Waals surface area contributed by atoms with Crippen molar-refractivity contribution in [3.8, 4) is 22.8 Å². The predicted molar refractivity (Wildman–Crippen MR) is 89.4 cm³/mol. The van der Waals surface area contributed by atoms with E-state index in [4.69, 9.17) is 13.9 Å². The molecular formula is C18H16N2O4. The zero-order chi connectivity index (χ0) is 16.9. The first-order valence-electron chi connectivity index (χ1n) is 7.24. The Morgan fingerprint density at radius 3 is 2.12 bits per heavy atom. The van der Waals surface area contributed by atoms with E-state index in [2.05, 4.69) is 10.3 Å². The van der Waals surface area contributed by atoms with Crippen molar-refractivity contribution < 1.29 is 18.7 Å². The maximum Gasteiger partial charge on any atom is 0.278 e. The molecule has 1 N–H and O–H groups in total. The quantitative estimate of drug-likeness (QED) is 0.776. The fourth-order valence-corrected chi connectivity index (χ4v) is 2.22. The molecule has 0 saturated heterocycles. The summed E-state index contributed by atoms with van der Waals surface area (Å²) in [7, 11) is 3.18. The molecule has 0 fully saturated rings. The molecule has 2 aromatic carbocycles. The van der Waals surface area contributed by atoms with E-state index in [1.807, 2.05) is 12.1 Å². The van der Waals surface area contributed by atoms with Gasteiger partial charge in [-0.2, -0.15) is 0 Å². The summed E-state index contributed by atoms with van der Waals surface area (Å²) in [6.07, 6.45) is 1.25. The molecule has 6 nitrogen and oxygen atoms in total. The van der Waals surface area contributed by atoms with Gasteiger partial charge < -0.3 is 19.2 Å². The molecular weight excluding hydrogens is 308 g/mol. The summed E-state index contributed by atoms with van der Waals surface area (Å²) >= 11 is 0. The van der Waals surface area contributed by atoms with Crippen LogP contribution >= 0.6 is 0 Å². The van der Waals surface area contributed by atoms with Gasteiger partial charge in [0, 0.05) is 11.3 Å². The fourth-order valence-electron chi connectivity index (χ4n) is 2.22. The second-order valence-electron chi connectivity index (χ2n) is 4.94. The van der Waals surface area contributed by atoms with E-state index in [-0.39, 0.29) is 11.6 Å². The number of benzene rings is 2.